The minimum atomic E-state index is 0.00764. The molecule has 3 nitrogen and oxygen atoms in total. The van der Waals surface area contributed by atoms with Crippen LogP contribution >= 0.6 is 0 Å². The van der Waals surface area contributed by atoms with E-state index < -0.39 is 0 Å². The molecule has 0 amide bonds. The Morgan fingerprint density at radius 1 is 1.41 bits per heavy atom. The van der Waals surface area contributed by atoms with E-state index in [4.69, 9.17) is 5.26 Å². The molecule has 0 bridgehead atoms. The quantitative estimate of drug-likeness (QED) is 0.753. The summed E-state index contributed by atoms with van der Waals surface area (Å²) >= 11 is 0. The normalized spacial score (nSPS) is 10.1. The number of rotatable bonds is 3. The van der Waals surface area contributed by atoms with Crippen LogP contribution in [0.2, 0.25) is 0 Å². The number of fused-ring (bicyclic) bond motifs is 1. The van der Waals surface area contributed by atoms with Crippen LogP contribution in [0, 0.1) is 18.3 Å². The SMILES string of the molecule is Cc1cc(C(=O)CCC#N)c2ccccc2n1. The molecule has 2 rings (SSSR count). The Morgan fingerprint density at radius 3 is 2.94 bits per heavy atom. The lowest BCUT2D eigenvalue weighted by Gasteiger charge is -2.05. The molecular formula is C14H12N2O. The first-order valence-corrected chi connectivity index (χ1v) is 5.49. The average molecular weight is 224 g/mol. The molecule has 0 radical (unpaired) electrons. The van der Waals surface area contributed by atoms with Crippen molar-refractivity contribution in [3.05, 3.63) is 41.6 Å². The Morgan fingerprint density at radius 2 is 2.18 bits per heavy atom. The maximum absolute atomic E-state index is 12.0. The molecule has 1 aromatic heterocycles. The van der Waals surface area contributed by atoms with Gasteiger partial charge < -0.3 is 0 Å². The second-order valence-electron chi connectivity index (χ2n) is 3.91. The zero-order valence-corrected chi connectivity index (χ0v) is 9.60. The van der Waals surface area contributed by atoms with E-state index in [2.05, 4.69) is 4.98 Å². The molecule has 0 unspecified atom stereocenters. The zero-order chi connectivity index (χ0) is 12.3. The smallest absolute Gasteiger partial charge is 0.164 e. The summed E-state index contributed by atoms with van der Waals surface area (Å²) in [4.78, 5) is 16.4. The van der Waals surface area contributed by atoms with E-state index in [1.54, 1.807) is 6.07 Å². The Kier molecular flexibility index (Phi) is 3.15. The van der Waals surface area contributed by atoms with Gasteiger partial charge in [-0.15, -0.1) is 0 Å². The minimum Gasteiger partial charge on any atom is -0.294 e. The van der Waals surface area contributed by atoms with Gasteiger partial charge >= 0.3 is 0 Å². The van der Waals surface area contributed by atoms with Crippen LogP contribution in [0.5, 0.6) is 0 Å². The Balaban J connectivity index is 2.53. The van der Waals surface area contributed by atoms with Crippen molar-refractivity contribution in [2.24, 2.45) is 0 Å². The number of pyridine rings is 1. The summed E-state index contributed by atoms with van der Waals surface area (Å²) in [5.74, 6) is 0.00764. The van der Waals surface area contributed by atoms with Crippen molar-refractivity contribution in [2.45, 2.75) is 19.8 Å². The number of hydrogen-bond donors (Lipinski definition) is 0. The first kappa shape index (κ1) is 11.3. The first-order valence-electron chi connectivity index (χ1n) is 5.49. The van der Waals surface area contributed by atoms with Gasteiger partial charge in [-0.1, -0.05) is 18.2 Å². The van der Waals surface area contributed by atoms with Crippen molar-refractivity contribution >= 4 is 16.7 Å². The van der Waals surface area contributed by atoms with E-state index in [9.17, 15) is 4.79 Å². The van der Waals surface area contributed by atoms with Gasteiger partial charge in [0.2, 0.25) is 0 Å². The van der Waals surface area contributed by atoms with Gasteiger partial charge in [0.1, 0.15) is 0 Å². The van der Waals surface area contributed by atoms with E-state index in [0.29, 0.717) is 5.56 Å². The summed E-state index contributed by atoms with van der Waals surface area (Å²) in [7, 11) is 0. The van der Waals surface area contributed by atoms with Gasteiger partial charge in [-0.3, -0.25) is 9.78 Å². The Bertz CT molecular complexity index is 611. The number of benzene rings is 1. The fourth-order valence-electron chi connectivity index (χ4n) is 1.84. The standard InChI is InChI=1S/C14H12N2O/c1-10-9-12(14(17)7-4-8-15)11-5-2-3-6-13(11)16-10/h2-3,5-6,9H,4,7H2,1H3. The van der Waals surface area contributed by atoms with Crippen molar-refractivity contribution in [1.29, 1.82) is 5.26 Å². The monoisotopic (exact) mass is 224 g/mol. The molecule has 0 saturated carbocycles. The molecular weight excluding hydrogens is 212 g/mol. The van der Waals surface area contributed by atoms with Gasteiger partial charge in [-0.05, 0) is 19.1 Å². The van der Waals surface area contributed by atoms with Gasteiger partial charge in [-0.25, -0.2) is 0 Å². The number of Topliss-reactive ketones (excluding diaryl/α,β-unsaturated/α-hetero) is 1. The molecule has 3 heteroatoms. The largest absolute Gasteiger partial charge is 0.294 e. The van der Waals surface area contributed by atoms with Crippen molar-refractivity contribution in [1.82, 2.24) is 4.98 Å². The lowest BCUT2D eigenvalue weighted by Crippen LogP contribution is -2.01. The average Bonchev–Trinajstić information content (AvgIpc) is 2.34. The van der Waals surface area contributed by atoms with E-state index >= 15 is 0 Å². The molecule has 0 spiro atoms. The second kappa shape index (κ2) is 4.75. The summed E-state index contributed by atoms with van der Waals surface area (Å²) in [6, 6.07) is 11.4. The van der Waals surface area contributed by atoms with Crippen LogP contribution in [-0.4, -0.2) is 10.8 Å². The van der Waals surface area contributed by atoms with Crippen LogP contribution in [0.15, 0.2) is 30.3 Å². The fraction of sp³-hybridized carbons (Fsp3) is 0.214. The van der Waals surface area contributed by atoms with Gasteiger partial charge in [0.15, 0.2) is 5.78 Å². The molecule has 0 fully saturated rings. The third kappa shape index (κ3) is 2.31. The molecule has 84 valence electrons. The summed E-state index contributed by atoms with van der Waals surface area (Å²) < 4.78 is 0. The molecule has 1 aromatic carbocycles. The highest BCUT2D eigenvalue weighted by Crippen LogP contribution is 2.19. The fourth-order valence-corrected chi connectivity index (χ4v) is 1.84. The van der Waals surface area contributed by atoms with Gasteiger partial charge in [0, 0.05) is 29.5 Å². The third-order valence-corrected chi connectivity index (χ3v) is 2.61. The minimum absolute atomic E-state index is 0.00764. The zero-order valence-electron chi connectivity index (χ0n) is 9.60. The Hall–Kier alpha value is -2.21. The lowest BCUT2D eigenvalue weighted by atomic mass is 10.0. The van der Waals surface area contributed by atoms with Gasteiger partial charge in [0.25, 0.3) is 0 Å². The number of aromatic nitrogens is 1. The molecule has 0 aliphatic carbocycles. The van der Waals surface area contributed by atoms with Crippen molar-refractivity contribution in [3.8, 4) is 6.07 Å². The van der Waals surface area contributed by atoms with Crippen LogP contribution in [0.4, 0.5) is 0 Å². The van der Waals surface area contributed by atoms with Crippen LogP contribution in [0.3, 0.4) is 0 Å². The van der Waals surface area contributed by atoms with E-state index in [1.807, 2.05) is 37.3 Å². The number of ketones is 1. The van der Waals surface area contributed by atoms with Gasteiger partial charge in [-0.2, -0.15) is 5.26 Å². The maximum Gasteiger partial charge on any atom is 0.164 e. The maximum atomic E-state index is 12.0. The van der Waals surface area contributed by atoms with Crippen LogP contribution in [-0.2, 0) is 0 Å². The molecule has 0 N–H and O–H groups in total. The highest BCUT2D eigenvalue weighted by molar-refractivity contribution is 6.07. The molecule has 0 atom stereocenters. The highest BCUT2D eigenvalue weighted by atomic mass is 16.1. The summed E-state index contributed by atoms with van der Waals surface area (Å²) in [6.07, 6.45) is 0.526. The van der Waals surface area contributed by atoms with E-state index in [-0.39, 0.29) is 18.6 Å². The predicted octanol–water partition coefficient (Wildman–Crippen LogP) is 3.03. The van der Waals surface area contributed by atoms with Crippen LogP contribution in [0.1, 0.15) is 28.9 Å². The molecule has 2 aromatic rings. The van der Waals surface area contributed by atoms with E-state index in [1.165, 1.54) is 0 Å². The number of carbonyl (C=O) groups is 1. The molecule has 0 saturated heterocycles. The van der Waals surface area contributed by atoms with Crippen LogP contribution in [0.25, 0.3) is 10.9 Å². The van der Waals surface area contributed by atoms with Crippen molar-refractivity contribution < 1.29 is 4.79 Å². The number of carbonyl (C=O) groups excluding carboxylic acids is 1. The highest BCUT2D eigenvalue weighted by Gasteiger charge is 2.11. The van der Waals surface area contributed by atoms with Crippen LogP contribution < -0.4 is 0 Å². The Labute approximate surface area is 99.7 Å². The molecule has 0 aliphatic rings. The number of nitriles is 1. The number of para-hydroxylation sites is 1. The van der Waals surface area contributed by atoms with Crippen molar-refractivity contribution in [2.75, 3.05) is 0 Å². The topological polar surface area (TPSA) is 53.8 Å². The number of hydrogen-bond acceptors (Lipinski definition) is 3. The third-order valence-electron chi connectivity index (χ3n) is 2.61. The lowest BCUT2D eigenvalue weighted by molar-refractivity contribution is 0.0985. The van der Waals surface area contributed by atoms with Gasteiger partial charge in [0.05, 0.1) is 11.6 Å². The van der Waals surface area contributed by atoms with Crippen molar-refractivity contribution in [3.63, 3.8) is 0 Å². The molecule has 0 aliphatic heterocycles. The molecule has 17 heavy (non-hydrogen) atoms. The number of nitrogens with zero attached hydrogens (tertiary/aromatic N) is 2. The number of aryl methyl sites for hydroxylation is 1. The second-order valence-corrected chi connectivity index (χ2v) is 3.91. The predicted molar refractivity (Wildman–Crippen MR) is 65.7 cm³/mol. The summed E-state index contributed by atoms with van der Waals surface area (Å²) in [6.45, 7) is 1.87. The first-order chi connectivity index (χ1) is 8.22. The van der Waals surface area contributed by atoms with E-state index in [0.717, 1.165) is 16.6 Å². The summed E-state index contributed by atoms with van der Waals surface area (Å²) in [5, 5.41) is 9.38. The summed E-state index contributed by atoms with van der Waals surface area (Å²) in [5.41, 5.74) is 2.32. The molecule has 1 heterocycles.